The van der Waals surface area contributed by atoms with Crippen molar-refractivity contribution in [2.75, 3.05) is 18.0 Å². The van der Waals surface area contributed by atoms with Gasteiger partial charge in [0.05, 0.1) is 5.60 Å². The average Bonchev–Trinajstić information content (AvgIpc) is 2.29. The zero-order valence-electron chi connectivity index (χ0n) is 10.7. The Morgan fingerprint density at radius 2 is 2.00 bits per heavy atom. The van der Waals surface area contributed by atoms with E-state index in [0.29, 0.717) is 6.54 Å². The van der Waals surface area contributed by atoms with Crippen molar-refractivity contribution in [1.82, 2.24) is 0 Å². The van der Waals surface area contributed by atoms with Gasteiger partial charge in [0, 0.05) is 25.3 Å². The number of aliphatic hydroxyl groups is 1. The van der Waals surface area contributed by atoms with Crippen LogP contribution in [-0.4, -0.2) is 23.8 Å². The minimum atomic E-state index is -0.497. The number of anilines is 1. The molecule has 94 valence electrons. The van der Waals surface area contributed by atoms with Crippen LogP contribution in [0.1, 0.15) is 30.9 Å². The third kappa shape index (κ3) is 2.79. The minimum absolute atomic E-state index is 0.497. The number of hydrogen-bond acceptors (Lipinski definition) is 3. The van der Waals surface area contributed by atoms with Crippen LogP contribution in [0.5, 0.6) is 0 Å². The van der Waals surface area contributed by atoms with E-state index in [1.54, 1.807) is 0 Å². The van der Waals surface area contributed by atoms with Crippen molar-refractivity contribution in [2.45, 2.75) is 38.8 Å². The highest BCUT2D eigenvalue weighted by Gasteiger charge is 2.28. The standard InChI is InChI=1S/C14H22N2O/c1-11-3-4-12(10-15)13(9-11)16-7-5-14(2,17)6-8-16/h3-4,9,17H,5-8,10,15H2,1-2H3. The molecule has 1 aliphatic heterocycles. The van der Waals surface area contributed by atoms with E-state index in [-0.39, 0.29) is 0 Å². The molecule has 0 aromatic heterocycles. The predicted molar refractivity (Wildman–Crippen MR) is 71.1 cm³/mol. The number of nitrogens with zero attached hydrogens (tertiary/aromatic N) is 1. The van der Waals surface area contributed by atoms with E-state index in [1.165, 1.54) is 16.8 Å². The van der Waals surface area contributed by atoms with Gasteiger partial charge < -0.3 is 15.7 Å². The molecular weight excluding hydrogens is 212 g/mol. The Kier molecular flexibility index (Phi) is 3.40. The molecule has 1 heterocycles. The molecule has 0 atom stereocenters. The summed E-state index contributed by atoms with van der Waals surface area (Å²) in [6.07, 6.45) is 1.65. The summed E-state index contributed by atoms with van der Waals surface area (Å²) >= 11 is 0. The van der Waals surface area contributed by atoms with E-state index in [0.717, 1.165) is 25.9 Å². The normalized spacial score (nSPS) is 19.4. The van der Waals surface area contributed by atoms with Gasteiger partial charge in [0.2, 0.25) is 0 Å². The van der Waals surface area contributed by atoms with Gasteiger partial charge in [-0.3, -0.25) is 0 Å². The van der Waals surface area contributed by atoms with Crippen LogP contribution in [0.2, 0.25) is 0 Å². The maximum Gasteiger partial charge on any atom is 0.0653 e. The average molecular weight is 234 g/mol. The van der Waals surface area contributed by atoms with E-state index in [1.807, 2.05) is 6.92 Å². The summed E-state index contributed by atoms with van der Waals surface area (Å²) in [4.78, 5) is 2.34. The molecule has 1 fully saturated rings. The highest BCUT2D eigenvalue weighted by Crippen LogP contribution is 2.28. The van der Waals surface area contributed by atoms with Crippen molar-refractivity contribution in [3.8, 4) is 0 Å². The topological polar surface area (TPSA) is 49.5 Å². The van der Waals surface area contributed by atoms with Crippen LogP contribution < -0.4 is 10.6 Å². The molecule has 0 bridgehead atoms. The van der Waals surface area contributed by atoms with Gasteiger partial charge in [-0.2, -0.15) is 0 Å². The lowest BCUT2D eigenvalue weighted by molar-refractivity contribution is 0.0351. The third-order valence-electron chi connectivity index (χ3n) is 3.64. The van der Waals surface area contributed by atoms with Crippen molar-refractivity contribution in [1.29, 1.82) is 0 Å². The van der Waals surface area contributed by atoms with Gasteiger partial charge in [-0.05, 0) is 43.9 Å². The quantitative estimate of drug-likeness (QED) is 0.820. The monoisotopic (exact) mass is 234 g/mol. The van der Waals surface area contributed by atoms with Crippen molar-refractivity contribution < 1.29 is 5.11 Å². The van der Waals surface area contributed by atoms with Crippen molar-refractivity contribution >= 4 is 5.69 Å². The van der Waals surface area contributed by atoms with E-state index < -0.39 is 5.60 Å². The van der Waals surface area contributed by atoms with Gasteiger partial charge in [0.25, 0.3) is 0 Å². The largest absolute Gasteiger partial charge is 0.390 e. The van der Waals surface area contributed by atoms with Gasteiger partial charge in [0.15, 0.2) is 0 Å². The molecule has 2 rings (SSSR count). The van der Waals surface area contributed by atoms with Gasteiger partial charge in [-0.1, -0.05) is 12.1 Å². The molecule has 17 heavy (non-hydrogen) atoms. The maximum absolute atomic E-state index is 9.97. The smallest absolute Gasteiger partial charge is 0.0653 e. The second-order valence-corrected chi connectivity index (χ2v) is 5.32. The SMILES string of the molecule is Cc1ccc(CN)c(N2CCC(C)(O)CC2)c1. The second-order valence-electron chi connectivity index (χ2n) is 5.32. The Bertz CT molecular complexity index is 391. The molecule has 1 saturated heterocycles. The number of nitrogens with two attached hydrogens (primary N) is 1. The summed E-state index contributed by atoms with van der Waals surface area (Å²) in [5.41, 5.74) is 8.98. The van der Waals surface area contributed by atoms with E-state index >= 15 is 0 Å². The lowest BCUT2D eigenvalue weighted by atomic mass is 9.93. The summed E-state index contributed by atoms with van der Waals surface area (Å²) in [6.45, 7) is 6.41. The summed E-state index contributed by atoms with van der Waals surface area (Å²) < 4.78 is 0. The molecular formula is C14H22N2O. The highest BCUT2D eigenvalue weighted by atomic mass is 16.3. The summed E-state index contributed by atoms with van der Waals surface area (Å²) in [6, 6.07) is 6.41. The fourth-order valence-electron chi connectivity index (χ4n) is 2.37. The number of benzene rings is 1. The number of piperidine rings is 1. The molecule has 3 heteroatoms. The lowest BCUT2D eigenvalue weighted by Crippen LogP contribution is -2.42. The van der Waals surface area contributed by atoms with Crippen LogP contribution in [0.25, 0.3) is 0 Å². The molecule has 0 aliphatic carbocycles. The zero-order valence-corrected chi connectivity index (χ0v) is 10.7. The molecule has 0 radical (unpaired) electrons. The molecule has 3 N–H and O–H groups in total. The van der Waals surface area contributed by atoms with Crippen LogP contribution in [0, 0.1) is 6.92 Å². The Hall–Kier alpha value is -1.06. The van der Waals surface area contributed by atoms with Crippen LogP contribution in [0.4, 0.5) is 5.69 Å². The molecule has 1 aromatic rings. The first-order chi connectivity index (χ1) is 8.02. The number of hydrogen-bond donors (Lipinski definition) is 2. The predicted octanol–water partition coefficient (Wildman–Crippen LogP) is 1.80. The number of rotatable bonds is 2. The van der Waals surface area contributed by atoms with Gasteiger partial charge in [-0.15, -0.1) is 0 Å². The second kappa shape index (κ2) is 4.67. The lowest BCUT2D eigenvalue weighted by Gasteiger charge is -2.38. The highest BCUT2D eigenvalue weighted by molar-refractivity contribution is 5.55. The van der Waals surface area contributed by atoms with Crippen LogP contribution in [-0.2, 0) is 6.54 Å². The van der Waals surface area contributed by atoms with Gasteiger partial charge in [0.1, 0.15) is 0 Å². The fraction of sp³-hybridized carbons (Fsp3) is 0.571. The first-order valence-electron chi connectivity index (χ1n) is 6.29. The Morgan fingerprint density at radius 3 is 2.59 bits per heavy atom. The van der Waals surface area contributed by atoms with Crippen LogP contribution >= 0.6 is 0 Å². The molecule has 3 nitrogen and oxygen atoms in total. The fourth-order valence-corrected chi connectivity index (χ4v) is 2.37. The van der Waals surface area contributed by atoms with E-state index in [9.17, 15) is 5.11 Å². The molecule has 0 spiro atoms. The van der Waals surface area contributed by atoms with Gasteiger partial charge in [-0.25, -0.2) is 0 Å². The summed E-state index contributed by atoms with van der Waals surface area (Å²) in [7, 11) is 0. The van der Waals surface area contributed by atoms with Crippen molar-refractivity contribution in [2.24, 2.45) is 5.73 Å². The maximum atomic E-state index is 9.97. The minimum Gasteiger partial charge on any atom is -0.390 e. The van der Waals surface area contributed by atoms with Crippen LogP contribution in [0.15, 0.2) is 18.2 Å². The van der Waals surface area contributed by atoms with Crippen LogP contribution in [0.3, 0.4) is 0 Å². The molecule has 1 aliphatic rings. The molecule has 0 unspecified atom stereocenters. The Balaban J connectivity index is 2.20. The molecule has 0 amide bonds. The summed E-state index contributed by atoms with van der Waals surface area (Å²) in [5, 5.41) is 9.97. The Labute approximate surface area is 103 Å². The number of aryl methyl sites for hydroxylation is 1. The van der Waals surface area contributed by atoms with Crippen molar-refractivity contribution in [3.63, 3.8) is 0 Å². The van der Waals surface area contributed by atoms with E-state index in [4.69, 9.17) is 5.73 Å². The van der Waals surface area contributed by atoms with Gasteiger partial charge >= 0.3 is 0 Å². The molecule has 1 aromatic carbocycles. The summed E-state index contributed by atoms with van der Waals surface area (Å²) in [5.74, 6) is 0. The molecule has 0 saturated carbocycles. The Morgan fingerprint density at radius 1 is 1.35 bits per heavy atom. The third-order valence-corrected chi connectivity index (χ3v) is 3.64. The zero-order chi connectivity index (χ0) is 12.5. The van der Waals surface area contributed by atoms with Crippen molar-refractivity contribution in [3.05, 3.63) is 29.3 Å². The first-order valence-corrected chi connectivity index (χ1v) is 6.29. The van der Waals surface area contributed by atoms with E-state index in [2.05, 4.69) is 30.0 Å². The first kappa shape index (κ1) is 12.4.